The highest BCUT2D eigenvalue weighted by molar-refractivity contribution is 9.10. The van der Waals surface area contributed by atoms with Gasteiger partial charge in [0, 0.05) is 18.7 Å². The number of carbonyl (C=O) groups is 2. The van der Waals surface area contributed by atoms with Crippen molar-refractivity contribution in [1.82, 2.24) is 47.6 Å². The Morgan fingerprint density at radius 3 is 1.98 bits per heavy atom. The summed E-state index contributed by atoms with van der Waals surface area (Å²) in [6.45, 7) is 8.78. The van der Waals surface area contributed by atoms with E-state index in [0.717, 1.165) is 17.2 Å². The number of imidazole rings is 2. The highest BCUT2D eigenvalue weighted by Crippen LogP contribution is 2.43. The fourth-order valence-electron chi connectivity index (χ4n) is 6.98. The van der Waals surface area contributed by atoms with E-state index in [4.69, 9.17) is 14.7 Å². The minimum absolute atomic E-state index is 0.0143. The lowest BCUT2D eigenvalue weighted by Crippen LogP contribution is -2.59. The van der Waals surface area contributed by atoms with Gasteiger partial charge in [-0.2, -0.15) is 8.75 Å². The maximum Gasteiger partial charge on any atom is 0.364 e. The number of fused-ring (bicyclic) bond motifs is 2. The predicted octanol–water partition coefficient (Wildman–Crippen LogP) is 6.61. The molecule has 6 aromatic rings. The molecule has 52 heavy (non-hydrogen) atoms. The molecular formula is C34H29BrF2N10O3S2. The summed E-state index contributed by atoms with van der Waals surface area (Å²) in [5, 5.41) is 1.21. The van der Waals surface area contributed by atoms with Crippen LogP contribution in [0.2, 0.25) is 0 Å². The Balaban J connectivity index is 1.25. The molecular weight excluding hydrogens is 778 g/mol. The van der Waals surface area contributed by atoms with Gasteiger partial charge in [0.2, 0.25) is 0 Å². The molecule has 0 bridgehead atoms. The number of benzene rings is 2. The quantitative estimate of drug-likeness (QED) is 0.134. The SMILES string of the molecule is Cc1nsc(-c2nc(Br)c3n2CCN(C2Cn4c(-c5nc(C)ns5)nc(C(=O)Oc5ccc(F)cc5)c4C(C)N2C(=O)c2ccc(F)cc2)C3C)n1. The summed E-state index contributed by atoms with van der Waals surface area (Å²) in [5.74, 6) is 0.393. The number of ether oxygens (including phenoxy) is 1. The lowest BCUT2D eigenvalue weighted by atomic mass is 10.0. The first-order valence-electron chi connectivity index (χ1n) is 16.3. The fourth-order valence-corrected chi connectivity index (χ4v) is 9.03. The Morgan fingerprint density at radius 2 is 1.38 bits per heavy atom. The second-order valence-corrected chi connectivity index (χ2v) is 14.7. The van der Waals surface area contributed by atoms with Crippen LogP contribution < -0.4 is 4.74 Å². The van der Waals surface area contributed by atoms with Crippen LogP contribution >= 0.6 is 39.0 Å². The number of aromatic nitrogens is 8. The molecule has 266 valence electrons. The smallest absolute Gasteiger partial charge is 0.364 e. The average Bonchev–Trinajstić information content (AvgIpc) is 3.91. The summed E-state index contributed by atoms with van der Waals surface area (Å²) >= 11 is 6.14. The van der Waals surface area contributed by atoms with Crippen molar-refractivity contribution in [1.29, 1.82) is 0 Å². The second-order valence-electron chi connectivity index (χ2n) is 12.5. The first kappa shape index (κ1) is 34.3. The van der Waals surface area contributed by atoms with Crippen LogP contribution in [-0.4, -0.2) is 72.2 Å². The van der Waals surface area contributed by atoms with Gasteiger partial charge < -0.3 is 18.8 Å². The molecule has 0 spiro atoms. The van der Waals surface area contributed by atoms with E-state index in [9.17, 15) is 18.4 Å². The van der Waals surface area contributed by atoms with E-state index in [2.05, 4.69) is 51.0 Å². The Hall–Kier alpha value is -4.78. The molecule has 0 saturated carbocycles. The summed E-state index contributed by atoms with van der Waals surface area (Å²) in [7, 11) is 0. The van der Waals surface area contributed by atoms with Crippen molar-refractivity contribution in [3.63, 3.8) is 0 Å². The molecule has 4 aromatic heterocycles. The average molecular weight is 808 g/mol. The van der Waals surface area contributed by atoms with Crippen LogP contribution in [-0.2, 0) is 13.1 Å². The molecule has 6 heterocycles. The van der Waals surface area contributed by atoms with E-state index >= 15 is 0 Å². The highest BCUT2D eigenvalue weighted by Gasteiger charge is 2.46. The van der Waals surface area contributed by atoms with Crippen LogP contribution in [0.4, 0.5) is 8.78 Å². The predicted molar refractivity (Wildman–Crippen MR) is 191 cm³/mol. The van der Waals surface area contributed by atoms with Crippen molar-refractivity contribution in [2.75, 3.05) is 6.54 Å². The van der Waals surface area contributed by atoms with Crippen LogP contribution in [0.1, 0.15) is 69.8 Å². The molecule has 13 nitrogen and oxygen atoms in total. The molecule has 18 heteroatoms. The van der Waals surface area contributed by atoms with Crippen molar-refractivity contribution < 1.29 is 23.1 Å². The minimum Gasteiger partial charge on any atom is -0.422 e. The Morgan fingerprint density at radius 1 is 0.788 bits per heavy atom. The van der Waals surface area contributed by atoms with E-state index in [1.807, 2.05) is 18.4 Å². The summed E-state index contributed by atoms with van der Waals surface area (Å²) in [4.78, 5) is 51.2. The topological polar surface area (TPSA) is 137 Å². The summed E-state index contributed by atoms with van der Waals surface area (Å²) in [6.07, 6.45) is -0.569. The summed E-state index contributed by atoms with van der Waals surface area (Å²) in [5.41, 5.74) is 1.62. The molecule has 0 aliphatic carbocycles. The zero-order valence-corrected chi connectivity index (χ0v) is 31.3. The zero-order valence-electron chi connectivity index (χ0n) is 28.1. The monoisotopic (exact) mass is 806 g/mol. The first-order chi connectivity index (χ1) is 25.0. The molecule has 8 rings (SSSR count). The van der Waals surface area contributed by atoms with Crippen LogP contribution in [0.15, 0.2) is 53.1 Å². The van der Waals surface area contributed by atoms with Gasteiger partial charge in [0.05, 0.1) is 30.0 Å². The number of halogens is 3. The molecule has 2 aromatic carbocycles. The Bertz CT molecular complexity index is 2340. The lowest BCUT2D eigenvalue weighted by molar-refractivity contribution is -0.0305. The van der Waals surface area contributed by atoms with Gasteiger partial charge in [-0.25, -0.2) is 33.5 Å². The molecule has 3 unspecified atom stereocenters. The summed E-state index contributed by atoms with van der Waals surface area (Å²) in [6, 6.07) is 9.51. The van der Waals surface area contributed by atoms with Crippen LogP contribution in [0.25, 0.3) is 21.7 Å². The van der Waals surface area contributed by atoms with E-state index in [1.165, 1.54) is 60.1 Å². The van der Waals surface area contributed by atoms with Crippen molar-refractivity contribution in [2.45, 2.75) is 59.0 Å². The van der Waals surface area contributed by atoms with Crippen molar-refractivity contribution >= 4 is 50.9 Å². The van der Waals surface area contributed by atoms with Gasteiger partial charge in [-0.05, 0) is 115 Å². The maximum absolute atomic E-state index is 14.6. The molecule has 0 N–H and O–H groups in total. The van der Waals surface area contributed by atoms with Crippen molar-refractivity contribution in [2.24, 2.45) is 0 Å². The number of hydrogen-bond donors (Lipinski definition) is 0. The third kappa shape index (κ3) is 5.92. The lowest BCUT2D eigenvalue weighted by Gasteiger charge is -2.50. The molecule has 0 fully saturated rings. The van der Waals surface area contributed by atoms with Gasteiger partial charge in [0.1, 0.15) is 39.8 Å². The van der Waals surface area contributed by atoms with Crippen LogP contribution in [0.5, 0.6) is 5.75 Å². The molecule has 1 amide bonds. The van der Waals surface area contributed by atoms with Crippen LogP contribution in [0, 0.1) is 25.5 Å². The Labute approximate surface area is 312 Å². The number of rotatable bonds is 6. The van der Waals surface area contributed by atoms with E-state index in [-0.39, 0.29) is 35.5 Å². The van der Waals surface area contributed by atoms with Gasteiger partial charge in [-0.1, -0.05) is 0 Å². The second kappa shape index (κ2) is 13.3. The fraction of sp³-hybridized carbons (Fsp3) is 0.294. The highest BCUT2D eigenvalue weighted by atomic mass is 79.9. The maximum atomic E-state index is 14.6. The van der Waals surface area contributed by atoms with E-state index in [0.29, 0.717) is 56.7 Å². The standard InChI is InChI=1S/C34H29BrF2N10O3S2/c1-16-27-28(35)41-30(32-39-19(4)43-52-32)45(27)14-13-44(16)24-15-46-26(17(2)47(24)33(48)20-5-7-21(36)8-6-20)25(40-29(46)31-38-18(3)42-51-31)34(49)50-23-11-9-22(37)10-12-23/h5-12,16-17,24H,13-15H2,1-4H3. The Kier molecular flexibility index (Phi) is 8.79. The largest absolute Gasteiger partial charge is 0.422 e. The zero-order chi connectivity index (χ0) is 36.4. The number of nitrogens with zero attached hydrogens (tertiary/aromatic N) is 10. The van der Waals surface area contributed by atoms with E-state index in [1.54, 1.807) is 11.8 Å². The number of esters is 1. The third-order valence-corrected chi connectivity index (χ3v) is 11.5. The van der Waals surface area contributed by atoms with Crippen molar-refractivity contribution in [3.8, 4) is 27.4 Å². The molecule has 3 atom stereocenters. The van der Waals surface area contributed by atoms with Gasteiger partial charge in [-0.15, -0.1) is 0 Å². The number of amides is 1. The number of aryl methyl sites for hydroxylation is 2. The summed E-state index contributed by atoms with van der Waals surface area (Å²) < 4.78 is 46.8. The molecule has 2 aliphatic rings. The van der Waals surface area contributed by atoms with Crippen molar-refractivity contribution in [3.05, 3.63) is 99.1 Å². The normalized spacial score (nSPS) is 18.7. The minimum atomic E-state index is -0.777. The molecule has 0 radical (unpaired) electrons. The first-order valence-corrected chi connectivity index (χ1v) is 18.6. The van der Waals surface area contributed by atoms with Gasteiger partial charge in [0.15, 0.2) is 27.4 Å². The van der Waals surface area contributed by atoms with Gasteiger partial charge >= 0.3 is 5.97 Å². The van der Waals surface area contributed by atoms with E-state index < -0.39 is 29.8 Å². The van der Waals surface area contributed by atoms with Crippen LogP contribution in [0.3, 0.4) is 0 Å². The molecule has 0 saturated heterocycles. The third-order valence-electron chi connectivity index (χ3n) is 9.29. The van der Waals surface area contributed by atoms with Gasteiger partial charge in [0.25, 0.3) is 5.91 Å². The number of hydrogen-bond acceptors (Lipinski definition) is 12. The molecule has 2 aliphatic heterocycles. The van der Waals surface area contributed by atoms with Gasteiger partial charge in [-0.3, -0.25) is 9.69 Å². The number of carbonyl (C=O) groups excluding carboxylic acids is 2.